The Morgan fingerprint density at radius 2 is 2.06 bits per heavy atom. The molecule has 0 aliphatic rings. The molecule has 16 heavy (non-hydrogen) atoms. The summed E-state index contributed by atoms with van der Waals surface area (Å²) in [4.78, 5) is 0. The second-order valence-electron chi connectivity index (χ2n) is 4.12. The minimum absolute atomic E-state index is 0.309. The summed E-state index contributed by atoms with van der Waals surface area (Å²) in [6.45, 7) is 3.58. The van der Waals surface area contributed by atoms with Crippen LogP contribution in [0.1, 0.15) is 24.8 Å². The molecule has 0 heterocycles. The molecule has 0 saturated carbocycles. The van der Waals surface area contributed by atoms with Crippen molar-refractivity contribution >= 4 is 11.6 Å². The van der Waals surface area contributed by atoms with Crippen LogP contribution in [0.3, 0.4) is 0 Å². The van der Waals surface area contributed by atoms with Crippen LogP contribution in [0.2, 0.25) is 5.02 Å². The van der Waals surface area contributed by atoms with Crippen LogP contribution >= 0.6 is 11.6 Å². The van der Waals surface area contributed by atoms with Gasteiger partial charge in [-0.25, -0.2) is 0 Å². The van der Waals surface area contributed by atoms with E-state index in [2.05, 4.69) is 13.0 Å². The number of methoxy groups -OCH3 is 1. The van der Waals surface area contributed by atoms with Gasteiger partial charge in [-0.2, -0.15) is 0 Å². The second kappa shape index (κ2) is 6.89. The summed E-state index contributed by atoms with van der Waals surface area (Å²) in [6.07, 6.45) is 1.00. The Labute approximate surface area is 103 Å². The molecule has 0 amide bonds. The van der Waals surface area contributed by atoms with Crippen LogP contribution in [0.4, 0.5) is 0 Å². The summed E-state index contributed by atoms with van der Waals surface area (Å²) < 4.78 is 5.10. The van der Waals surface area contributed by atoms with Gasteiger partial charge >= 0.3 is 0 Å². The number of ether oxygens (including phenoxy) is 1. The number of nitrogens with two attached hydrogens (primary N) is 1. The summed E-state index contributed by atoms with van der Waals surface area (Å²) in [7, 11) is 1.72. The van der Waals surface area contributed by atoms with Gasteiger partial charge in [0.1, 0.15) is 0 Å². The minimum atomic E-state index is 0.309. The lowest BCUT2D eigenvalue weighted by Crippen LogP contribution is -2.21. The highest BCUT2D eigenvalue weighted by atomic mass is 35.5. The van der Waals surface area contributed by atoms with Gasteiger partial charge in [-0.05, 0) is 30.5 Å². The minimum Gasteiger partial charge on any atom is -0.385 e. The van der Waals surface area contributed by atoms with E-state index in [4.69, 9.17) is 22.1 Å². The molecule has 0 aliphatic heterocycles. The van der Waals surface area contributed by atoms with E-state index in [-0.39, 0.29) is 0 Å². The Kier molecular flexibility index (Phi) is 5.81. The molecule has 3 heteroatoms. The second-order valence-corrected chi connectivity index (χ2v) is 4.53. The fraction of sp³-hybridized carbons (Fsp3) is 0.538. The molecule has 2 atom stereocenters. The van der Waals surface area contributed by atoms with Crippen LogP contribution in [0.15, 0.2) is 24.3 Å². The summed E-state index contributed by atoms with van der Waals surface area (Å²) in [5, 5.41) is 0.808. The molecular formula is C13H20ClNO. The van der Waals surface area contributed by atoms with Crippen molar-refractivity contribution in [3.63, 3.8) is 0 Å². The Hall–Kier alpha value is -0.570. The van der Waals surface area contributed by atoms with Crippen molar-refractivity contribution in [2.45, 2.75) is 19.3 Å². The van der Waals surface area contributed by atoms with Gasteiger partial charge in [-0.3, -0.25) is 0 Å². The van der Waals surface area contributed by atoms with Gasteiger partial charge in [0.05, 0.1) is 0 Å². The lowest BCUT2D eigenvalue weighted by molar-refractivity contribution is 0.174. The molecule has 1 aromatic rings. The molecule has 1 rings (SSSR count). The Morgan fingerprint density at radius 1 is 1.38 bits per heavy atom. The van der Waals surface area contributed by atoms with Crippen molar-refractivity contribution in [3.8, 4) is 0 Å². The average molecular weight is 242 g/mol. The number of benzene rings is 1. The Balaban J connectivity index is 2.77. The molecule has 0 fully saturated rings. The number of rotatable bonds is 6. The third kappa shape index (κ3) is 3.48. The van der Waals surface area contributed by atoms with Crippen LogP contribution in [0.25, 0.3) is 0 Å². The van der Waals surface area contributed by atoms with Crippen LogP contribution in [-0.4, -0.2) is 20.3 Å². The SMILES string of the molecule is COCCC(C)C(CN)c1ccccc1Cl. The summed E-state index contributed by atoms with van der Waals surface area (Å²) in [5.41, 5.74) is 7.00. The zero-order valence-electron chi connectivity index (χ0n) is 9.95. The van der Waals surface area contributed by atoms with Gasteiger partial charge in [0.2, 0.25) is 0 Å². The predicted molar refractivity (Wildman–Crippen MR) is 68.9 cm³/mol. The van der Waals surface area contributed by atoms with Crippen LogP contribution in [0, 0.1) is 5.92 Å². The standard InChI is InChI=1S/C13H20ClNO/c1-10(7-8-16-2)12(9-15)11-5-3-4-6-13(11)14/h3-6,10,12H,7-9,15H2,1-2H3. The molecule has 0 aromatic heterocycles. The van der Waals surface area contributed by atoms with E-state index in [0.717, 1.165) is 23.6 Å². The van der Waals surface area contributed by atoms with E-state index >= 15 is 0 Å². The lowest BCUT2D eigenvalue weighted by Gasteiger charge is -2.23. The Bertz CT molecular complexity index is 317. The van der Waals surface area contributed by atoms with Crippen molar-refractivity contribution in [2.75, 3.05) is 20.3 Å². The largest absolute Gasteiger partial charge is 0.385 e. The van der Waals surface area contributed by atoms with E-state index in [9.17, 15) is 0 Å². The van der Waals surface area contributed by atoms with Gasteiger partial charge in [0.15, 0.2) is 0 Å². The number of hydrogen-bond acceptors (Lipinski definition) is 2. The molecule has 0 bridgehead atoms. The molecule has 0 radical (unpaired) electrons. The van der Waals surface area contributed by atoms with E-state index in [1.165, 1.54) is 0 Å². The van der Waals surface area contributed by atoms with E-state index < -0.39 is 0 Å². The van der Waals surface area contributed by atoms with Gasteiger partial charge in [-0.1, -0.05) is 36.7 Å². The fourth-order valence-corrected chi connectivity index (χ4v) is 2.22. The van der Waals surface area contributed by atoms with Crippen molar-refractivity contribution in [3.05, 3.63) is 34.9 Å². The maximum absolute atomic E-state index is 6.19. The van der Waals surface area contributed by atoms with Crippen molar-refractivity contribution < 1.29 is 4.74 Å². The molecule has 1 aromatic carbocycles. The molecule has 0 spiro atoms. The first-order valence-corrected chi connectivity index (χ1v) is 6.02. The maximum atomic E-state index is 6.19. The first-order valence-electron chi connectivity index (χ1n) is 5.64. The topological polar surface area (TPSA) is 35.2 Å². The molecule has 2 nitrogen and oxygen atoms in total. The maximum Gasteiger partial charge on any atom is 0.0465 e. The molecule has 2 unspecified atom stereocenters. The Morgan fingerprint density at radius 3 is 2.62 bits per heavy atom. The van der Waals surface area contributed by atoms with E-state index in [1.54, 1.807) is 7.11 Å². The van der Waals surface area contributed by atoms with Gasteiger partial charge in [0.25, 0.3) is 0 Å². The van der Waals surface area contributed by atoms with Gasteiger partial charge in [0, 0.05) is 24.7 Å². The highest BCUT2D eigenvalue weighted by Gasteiger charge is 2.19. The van der Waals surface area contributed by atoms with Crippen LogP contribution < -0.4 is 5.73 Å². The smallest absolute Gasteiger partial charge is 0.0465 e. The zero-order valence-corrected chi connectivity index (χ0v) is 10.7. The molecular weight excluding hydrogens is 222 g/mol. The van der Waals surface area contributed by atoms with Gasteiger partial charge < -0.3 is 10.5 Å². The number of halogens is 1. The molecule has 2 N–H and O–H groups in total. The van der Waals surface area contributed by atoms with Crippen LogP contribution in [0.5, 0.6) is 0 Å². The first-order chi connectivity index (χ1) is 7.70. The molecule has 0 saturated heterocycles. The summed E-state index contributed by atoms with van der Waals surface area (Å²) >= 11 is 6.19. The van der Waals surface area contributed by atoms with Crippen molar-refractivity contribution in [1.29, 1.82) is 0 Å². The quantitative estimate of drug-likeness (QED) is 0.831. The molecule has 90 valence electrons. The highest BCUT2D eigenvalue weighted by Crippen LogP contribution is 2.31. The summed E-state index contributed by atoms with van der Waals surface area (Å²) in [6, 6.07) is 7.93. The number of hydrogen-bond donors (Lipinski definition) is 1. The fourth-order valence-electron chi connectivity index (χ4n) is 1.95. The van der Waals surface area contributed by atoms with E-state index in [1.807, 2.05) is 18.2 Å². The monoisotopic (exact) mass is 241 g/mol. The van der Waals surface area contributed by atoms with E-state index in [0.29, 0.717) is 18.4 Å². The highest BCUT2D eigenvalue weighted by molar-refractivity contribution is 6.31. The van der Waals surface area contributed by atoms with Crippen LogP contribution in [-0.2, 0) is 4.74 Å². The predicted octanol–water partition coefficient (Wildman–Crippen LogP) is 3.05. The summed E-state index contributed by atoms with van der Waals surface area (Å²) in [5.74, 6) is 0.786. The first kappa shape index (κ1) is 13.5. The zero-order chi connectivity index (χ0) is 12.0. The average Bonchev–Trinajstić information content (AvgIpc) is 2.30. The third-order valence-corrected chi connectivity index (χ3v) is 3.37. The third-order valence-electron chi connectivity index (χ3n) is 3.02. The van der Waals surface area contributed by atoms with Crippen molar-refractivity contribution in [1.82, 2.24) is 0 Å². The van der Waals surface area contributed by atoms with Gasteiger partial charge in [-0.15, -0.1) is 0 Å². The molecule has 0 aliphatic carbocycles. The normalized spacial score (nSPS) is 14.8. The lowest BCUT2D eigenvalue weighted by atomic mass is 9.85. The van der Waals surface area contributed by atoms with Crippen molar-refractivity contribution in [2.24, 2.45) is 11.7 Å².